The molecule has 0 radical (unpaired) electrons. The first-order chi connectivity index (χ1) is 9.87. The summed E-state index contributed by atoms with van der Waals surface area (Å²) in [5.41, 5.74) is 0.249. The van der Waals surface area contributed by atoms with Gasteiger partial charge in [-0.1, -0.05) is 0 Å². The summed E-state index contributed by atoms with van der Waals surface area (Å²) in [4.78, 5) is 14.7. The molecule has 4 nitrogen and oxygen atoms in total. The Balaban J connectivity index is 1.71. The van der Waals surface area contributed by atoms with Gasteiger partial charge in [0, 0.05) is 29.7 Å². The SMILES string of the molecule is CC(C)(C)OC(=O)N1CC(CSc2ccc(C#N)cc2)C1. The average molecular weight is 304 g/mol. The minimum absolute atomic E-state index is 0.220. The Bertz CT molecular complexity index is 537. The number of hydrogen-bond acceptors (Lipinski definition) is 4. The van der Waals surface area contributed by atoms with Crippen molar-refractivity contribution in [1.29, 1.82) is 5.26 Å². The van der Waals surface area contributed by atoms with E-state index in [2.05, 4.69) is 6.07 Å². The number of rotatable bonds is 3. The fourth-order valence-electron chi connectivity index (χ4n) is 1.99. The van der Waals surface area contributed by atoms with Crippen LogP contribution in [0.25, 0.3) is 0 Å². The van der Waals surface area contributed by atoms with E-state index in [9.17, 15) is 4.79 Å². The summed E-state index contributed by atoms with van der Waals surface area (Å²) in [5.74, 6) is 1.49. The highest BCUT2D eigenvalue weighted by atomic mass is 32.2. The maximum atomic E-state index is 11.8. The zero-order valence-electron chi connectivity index (χ0n) is 12.6. The molecule has 1 amide bonds. The van der Waals surface area contributed by atoms with Gasteiger partial charge in [-0.05, 0) is 45.0 Å². The maximum absolute atomic E-state index is 11.8. The summed E-state index contributed by atoms with van der Waals surface area (Å²) in [5, 5.41) is 8.75. The van der Waals surface area contributed by atoms with E-state index in [4.69, 9.17) is 10.00 Å². The van der Waals surface area contributed by atoms with Gasteiger partial charge in [-0.15, -0.1) is 11.8 Å². The molecule has 1 aromatic carbocycles. The van der Waals surface area contributed by atoms with E-state index in [-0.39, 0.29) is 6.09 Å². The van der Waals surface area contributed by atoms with E-state index in [1.165, 1.54) is 0 Å². The molecule has 0 saturated carbocycles. The third kappa shape index (κ3) is 4.68. The topological polar surface area (TPSA) is 53.3 Å². The predicted octanol–water partition coefficient (Wildman–Crippen LogP) is 3.52. The van der Waals surface area contributed by atoms with E-state index >= 15 is 0 Å². The van der Waals surface area contributed by atoms with Crippen LogP contribution in [0.2, 0.25) is 0 Å². The number of nitrogens with zero attached hydrogens (tertiary/aromatic N) is 2. The molecule has 1 aliphatic rings. The highest BCUT2D eigenvalue weighted by molar-refractivity contribution is 7.99. The number of ether oxygens (including phenoxy) is 1. The summed E-state index contributed by atoms with van der Waals surface area (Å²) in [6.45, 7) is 7.16. The molecule has 1 fully saturated rings. The first-order valence-electron chi connectivity index (χ1n) is 6.98. The summed E-state index contributed by atoms with van der Waals surface area (Å²) < 4.78 is 5.33. The second kappa shape index (κ2) is 6.40. The van der Waals surface area contributed by atoms with Crippen molar-refractivity contribution in [3.05, 3.63) is 29.8 Å². The van der Waals surface area contributed by atoms with Crippen molar-refractivity contribution in [3.8, 4) is 6.07 Å². The highest BCUT2D eigenvalue weighted by Crippen LogP contribution is 2.27. The standard InChI is InChI=1S/C16H20N2O2S/c1-16(2,3)20-15(19)18-9-13(10-18)11-21-14-6-4-12(8-17)5-7-14/h4-7,13H,9-11H2,1-3H3. The van der Waals surface area contributed by atoms with Crippen LogP contribution < -0.4 is 0 Å². The molecule has 1 aromatic rings. The van der Waals surface area contributed by atoms with Gasteiger partial charge in [-0.25, -0.2) is 4.79 Å². The lowest BCUT2D eigenvalue weighted by Crippen LogP contribution is -2.52. The van der Waals surface area contributed by atoms with Crippen LogP contribution >= 0.6 is 11.8 Å². The molecule has 0 aromatic heterocycles. The van der Waals surface area contributed by atoms with Gasteiger partial charge in [0.1, 0.15) is 5.60 Å². The lowest BCUT2D eigenvalue weighted by Gasteiger charge is -2.39. The van der Waals surface area contributed by atoms with Crippen LogP contribution in [-0.2, 0) is 4.74 Å². The third-order valence-electron chi connectivity index (χ3n) is 3.08. The largest absolute Gasteiger partial charge is 0.444 e. The summed E-state index contributed by atoms with van der Waals surface area (Å²) in [7, 11) is 0. The van der Waals surface area contributed by atoms with Crippen molar-refractivity contribution >= 4 is 17.9 Å². The van der Waals surface area contributed by atoms with Gasteiger partial charge in [-0.3, -0.25) is 0 Å². The van der Waals surface area contributed by atoms with Crippen molar-refractivity contribution in [1.82, 2.24) is 4.90 Å². The molecule has 1 heterocycles. The number of likely N-dealkylation sites (tertiary alicyclic amines) is 1. The zero-order valence-corrected chi connectivity index (χ0v) is 13.4. The molecular weight excluding hydrogens is 284 g/mol. The van der Waals surface area contributed by atoms with Crippen molar-refractivity contribution in [3.63, 3.8) is 0 Å². The molecule has 0 atom stereocenters. The summed E-state index contributed by atoms with van der Waals surface area (Å²) >= 11 is 1.76. The highest BCUT2D eigenvalue weighted by Gasteiger charge is 2.33. The third-order valence-corrected chi connectivity index (χ3v) is 4.32. The number of thioether (sulfide) groups is 1. The van der Waals surface area contributed by atoms with E-state index in [0.717, 1.165) is 23.7 Å². The Morgan fingerprint density at radius 1 is 1.38 bits per heavy atom. The van der Waals surface area contributed by atoms with Crippen LogP contribution in [0.3, 0.4) is 0 Å². The number of hydrogen-bond donors (Lipinski definition) is 0. The molecule has 2 rings (SSSR count). The predicted molar refractivity (Wildman–Crippen MR) is 83.2 cm³/mol. The maximum Gasteiger partial charge on any atom is 0.410 e. The second-order valence-electron chi connectivity index (χ2n) is 6.20. The molecule has 0 aliphatic carbocycles. The molecule has 1 aliphatic heterocycles. The number of benzene rings is 1. The van der Waals surface area contributed by atoms with Crippen LogP contribution in [0.1, 0.15) is 26.3 Å². The number of nitriles is 1. The lowest BCUT2D eigenvalue weighted by molar-refractivity contribution is 0.00215. The Kier molecular flexibility index (Phi) is 4.79. The zero-order chi connectivity index (χ0) is 15.5. The smallest absolute Gasteiger partial charge is 0.410 e. The normalized spacial score (nSPS) is 15.2. The van der Waals surface area contributed by atoms with Gasteiger partial charge in [0.15, 0.2) is 0 Å². The first-order valence-corrected chi connectivity index (χ1v) is 7.97. The quantitative estimate of drug-likeness (QED) is 0.802. The van der Waals surface area contributed by atoms with Crippen LogP contribution in [0.15, 0.2) is 29.2 Å². The number of carbonyl (C=O) groups excluding carboxylic acids is 1. The van der Waals surface area contributed by atoms with Gasteiger partial charge in [0.2, 0.25) is 0 Å². The molecule has 1 saturated heterocycles. The van der Waals surface area contributed by atoms with Crippen molar-refractivity contribution in [2.75, 3.05) is 18.8 Å². The van der Waals surface area contributed by atoms with E-state index in [1.807, 2.05) is 45.0 Å². The Hall–Kier alpha value is -1.67. The van der Waals surface area contributed by atoms with Gasteiger partial charge in [0.25, 0.3) is 0 Å². The molecule has 5 heteroatoms. The number of carbonyl (C=O) groups is 1. The summed E-state index contributed by atoms with van der Waals surface area (Å²) in [6.07, 6.45) is -0.220. The van der Waals surface area contributed by atoms with Gasteiger partial charge < -0.3 is 9.64 Å². The number of amides is 1. The molecule has 0 unspecified atom stereocenters. The van der Waals surface area contributed by atoms with Crippen LogP contribution in [0.4, 0.5) is 4.79 Å². The van der Waals surface area contributed by atoms with Crippen molar-refractivity contribution in [2.45, 2.75) is 31.3 Å². The Labute approximate surface area is 130 Å². The monoisotopic (exact) mass is 304 g/mol. The first kappa shape index (κ1) is 15.7. The van der Waals surface area contributed by atoms with Gasteiger partial charge >= 0.3 is 6.09 Å². The van der Waals surface area contributed by atoms with Gasteiger partial charge in [0.05, 0.1) is 11.6 Å². The fourth-order valence-corrected chi connectivity index (χ4v) is 2.96. The molecule has 0 spiro atoms. The average Bonchev–Trinajstić information content (AvgIpc) is 2.35. The molecule has 0 N–H and O–H groups in total. The molecular formula is C16H20N2O2S. The fraction of sp³-hybridized carbons (Fsp3) is 0.500. The molecule has 21 heavy (non-hydrogen) atoms. The van der Waals surface area contributed by atoms with Crippen molar-refractivity contribution in [2.24, 2.45) is 5.92 Å². The second-order valence-corrected chi connectivity index (χ2v) is 7.29. The summed E-state index contributed by atoms with van der Waals surface area (Å²) in [6, 6.07) is 9.70. The Morgan fingerprint density at radius 2 is 2.00 bits per heavy atom. The lowest BCUT2D eigenvalue weighted by atomic mass is 10.0. The minimum Gasteiger partial charge on any atom is -0.444 e. The van der Waals surface area contributed by atoms with Crippen LogP contribution in [-0.4, -0.2) is 35.4 Å². The minimum atomic E-state index is -0.431. The van der Waals surface area contributed by atoms with Crippen molar-refractivity contribution < 1.29 is 9.53 Å². The Morgan fingerprint density at radius 3 is 2.52 bits per heavy atom. The van der Waals surface area contributed by atoms with E-state index in [0.29, 0.717) is 11.5 Å². The molecule has 0 bridgehead atoms. The van der Waals surface area contributed by atoms with Crippen LogP contribution in [0.5, 0.6) is 0 Å². The van der Waals surface area contributed by atoms with E-state index < -0.39 is 5.60 Å². The van der Waals surface area contributed by atoms with Gasteiger partial charge in [-0.2, -0.15) is 5.26 Å². The van der Waals surface area contributed by atoms with E-state index in [1.54, 1.807) is 16.7 Å². The van der Waals surface area contributed by atoms with Crippen LogP contribution in [0, 0.1) is 17.2 Å². The molecule has 112 valence electrons.